The fourth-order valence-electron chi connectivity index (χ4n) is 3.08. The largest absolute Gasteiger partial charge is 0.478 e. The van der Waals surface area contributed by atoms with E-state index in [1.165, 1.54) is 0 Å². The number of hydrogen-bond acceptors (Lipinski definition) is 5. The van der Waals surface area contributed by atoms with Gasteiger partial charge in [0.25, 0.3) is 0 Å². The molecule has 128 valence electrons. The van der Waals surface area contributed by atoms with E-state index < -0.39 is 5.97 Å². The standard InChI is InChI=1S/C19H20N4O2/c20-12-15-4-1-2-5-16(15)13-22-8-10-23(11-9-22)14-18-17(19(24)25)6-3-7-21-18/h1-7H,8-11,13-14H2,(H,24,25). The second-order valence-corrected chi connectivity index (χ2v) is 6.12. The van der Waals surface area contributed by atoms with Crippen molar-refractivity contribution in [2.24, 2.45) is 0 Å². The van der Waals surface area contributed by atoms with Gasteiger partial charge in [-0.15, -0.1) is 0 Å². The van der Waals surface area contributed by atoms with Crippen molar-refractivity contribution in [2.75, 3.05) is 26.2 Å². The summed E-state index contributed by atoms with van der Waals surface area (Å²) >= 11 is 0. The first kappa shape index (κ1) is 17.1. The van der Waals surface area contributed by atoms with Gasteiger partial charge in [0, 0.05) is 45.5 Å². The Kier molecular flexibility index (Phi) is 5.39. The highest BCUT2D eigenvalue weighted by atomic mass is 16.4. The number of aromatic nitrogens is 1. The molecule has 1 aliphatic heterocycles. The van der Waals surface area contributed by atoms with Crippen LogP contribution in [0.4, 0.5) is 0 Å². The molecule has 0 unspecified atom stereocenters. The summed E-state index contributed by atoms with van der Waals surface area (Å²) in [7, 11) is 0. The lowest BCUT2D eigenvalue weighted by molar-refractivity contribution is 0.0691. The number of aromatic carboxylic acids is 1. The lowest BCUT2D eigenvalue weighted by atomic mass is 10.1. The Morgan fingerprint density at radius 3 is 2.44 bits per heavy atom. The fraction of sp³-hybridized carbons (Fsp3) is 0.316. The Hall–Kier alpha value is -2.75. The van der Waals surface area contributed by atoms with Crippen LogP contribution < -0.4 is 0 Å². The first-order valence-corrected chi connectivity index (χ1v) is 8.27. The van der Waals surface area contributed by atoms with Crippen LogP contribution >= 0.6 is 0 Å². The van der Waals surface area contributed by atoms with E-state index in [1.54, 1.807) is 18.3 Å². The van der Waals surface area contributed by atoms with E-state index in [-0.39, 0.29) is 5.56 Å². The number of hydrogen-bond donors (Lipinski definition) is 1. The molecule has 6 heteroatoms. The maximum Gasteiger partial charge on any atom is 0.337 e. The van der Waals surface area contributed by atoms with Crippen LogP contribution in [0.5, 0.6) is 0 Å². The van der Waals surface area contributed by atoms with Gasteiger partial charge >= 0.3 is 5.97 Å². The van der Waals surface area contributed by atoms with Crippen molar-refractivity contribution in [3.8, 4) is 6.07 Å². The van der Waals surface area contributed by atoms with Gasteiger partial charge in [0.15, 0.2) is 0 Å². The van der Waals surface area contributed by atoms with E-state index >= 15 is 0 Å². The van der Waals surface area contributed by atoms with E-state index in [0.717, 1.165) is 43.9 Å². The van der Waals surface area contributed by atoms with Gasteiger partial charge in [0.2, 0.25) is 0 Å². The summed E-state index contributed by atoms with van der Waals surface area (Å²) in [6.07, 6.45) is 1.64. The molecule has 1 saturated heterocycles. The maximum atomic E-state index is 11.3. The van der Waals surface area contributed by atoms with Crippen LogP contribution in [0, 0.1) is 11.3 Å². The van der Waals surface area contributed by atoms with Gasteiger partial charge < -0.3 is 5.11 Å². The first-order valence-electron chi connectivity index (χ1n) is 8.27. The summed E-state index contributed by atoms with van der Waals surface area (Å²) < 4.78 is 0. The first-order chi connectivity index (χ1) is 12.2. The molecule has 0 amide bonds. The van der Waals surface area contributed by atoms with E-state index in [0.29, 0.717) is 12.2 Å². The summed E-state index contributed by atoms with van der Waals surface area (Å²) in [5.74, 6) is -0.935. The van der Waals surface area contributed by atoms with Crippen LogP contribution in [0.1, 0.15) is 27.2 Å². The van der Waals surface area contributed by atoms with Crippen molar-refractivity contribution < 1.29 is 9.90 Å². The quantitative estimate of drug-likeness (QED) is 0.899. The second kappa shape index (κ2) is 7.88. The highest BCUT2D eigenvalue weighted by Crippen LogP contribution is 2.15. The lowest BCUT2D eigenvalue weighted by Gasteiger charge is -2.34. The van der Waals surface area contributed by atoms with Crippen LogP contribution in [0.15, 0.2) is 42.6 Å². The van der Waals surface area contributed by atoms with Crippen LogP contribution in [0.2, 0.25) is 0 Å². The third-order valence-electron chi connectivity index (χ3n) is 4.49. The summed E-state index contributed by atoms with van der Waals surface area (Å²) in [6, 6.07) is 13.2. The molecule has 25 heavy (non-hydrogen) atoms. The predicted molar refractivity (Wildman–Crippen MR) is 92.9 cm³/mol. The van der Waals surface area contributed by atoms with Crippen molar-refractivity contribution in [3.05, 3.63) is 65.0 Å². The van der Waals surface area contributed by atoms with Crippen LogP contribution in [-0.2, 0) is 13.1 Å². The van der Waals surface area contributed by atoms with Crippen LogP contribution in [-0.4, -0.2) is 52.0 Å². The number of pyridine rings is 1. The zero-order valence-electron chi connectivity index (χ0n) is 13.9. The van der Waals surface area contributed by atoms with Gasteiger partial charge in [0.1, 0.15) is 0 Å². The number of benzene rings is 1. The molecule has 1 aromatic carbocycles. The minimum Gasteiger partial charge on any atom is -0.478 e. The zero-order valence-corrected chi connectivity index (χ0v) is 13.9. The third kappa shape index (κ3) is 4.21. The van der Waals surface area contributed by atoms with Crippen LogP contribution in [0.25, 0.3) is 0 Å². The average Bonchev–Trinajstić information content (AvgIpc) is 2.64. The molecule has 0 radical (unpaired) electrons. The van der Waals surface area contributed by atoms with Crippen molar-refractivity contribution in [2.45, 2.75) is 13.1 Å². The van der Waals surface area contributed by atoms with E-state index in [4.69, 9.17) is 0 Å². The van der Waals surface area contributed by atoms with Gasteiger partial charge in [-0.1, -0.05) is 18.2 Å². The Morgan fingerprint density at radius 2 is 1.76 bits per heavy atom. The summed E-state index contributed by atoms with van der Waals surface area (Å²) in [5.41, 5.74) is 2.66. The zero-order chi connectivity index (χ0) is 17.6. The molecule has 0 saturated carbocycles. The molecule has 0 atom stereocenters. The molecule has 1 N–H and O–H groups in total. The number of nitrogens with zero attached hydrogens (tertiary/aromatic N) is 4. The molecule has 0 bridgehead atoms. The highest BCUT2D eigenvalue weighted by Gasteiger charge is 2.20. The molecule has 3 rings (SSSR count). The van der Waals surface area contributed by atoms with Gasteiger partial charge in [-0.2, -0.15) is 5.26 Å². The van der Waals surface area contributed by atoms with Gasteiger partial charge in [0.05, 0.1) is 22.9 Å². The Balaban J connectivity index is 1.58. The molecule has 0 aliphatic carbocycles. The fourth-order valence-corrected chi connectivity index (χ4v) is 3.08. The third-order valence-corrected chi connectivity index (χ3v) is 4.49. The van der Waals surface area contributed by atoms with Crippen molar-refractivity contribution >= 4 is 5.97 Å². The maximum absolute atomic E-state index is 11.3. The minimum absolute atomic E-state index is 0.271. The van der Waals surface area contributed by atoms with Gasteiger partial charge in [-0.05, 0) is 23.8 Å². The topological polar surface area (TPSA) is 80.5 Å². The summed E-state index contributed by atoms with van der Waals surface area (Å²) in [5, 5.41) is 18.5. The van der Waals surface area contributed by atoms with E-state index in [9.17, 15) is 15.2 Å². The molecule has 6 nitrogen and oxygen atoms in total. The number of piperazine rings is 1. The number of carboxylic acid groups (broad SMARTS) is 1. The summed E-state index contributed by atoms with van der Waals surface area (Å²) in [6.45, 7) is 4.78. The average molecular weight is 336 g/mol. The number of carboxylic acids is 1. The summed E-state index contributed by atoms with van der Waals surface area (Å²) in [4.78, 5) is 20.1. The second-order valence-electron chi connectivity index (χ2n) is 6.12. The van der Waals surface area contributed by atoms with E-state index in [2.05, 4.69) is 20.9 Å². The molecule has 1 aromatic heterocycles. The van der Waals surface area contributed by atoms with Crippen molar-refractivity contribution in [1.29, 1.82) is 5.26 Å². The van der Waals surface area contributed by atoms with Crippen LogP contribution in [0.3, 0.4) is 0 Å². The molecule has 1 aliphatic rings. The number of nitriles is 1. The molecule has 2 heterocycles. The minimum atomic E-state index is -0.935. The normalized spacial score (nSPS) is 15.6. The Bertz CT molecular complexity index is 792. The smallest absolute Gasteiger partial charge is 0.337 e. The molecular weight excluding hydrogens is 316 g/mol. The Morgan fingerprint density at radius 1 is 1.08 bits per heavy atom. The van der Waals surface area contributed by atoms with Gasteiger partial charge in [-0.25, -0.2) is 4.79 Å². The monoisotopic (exact) mass is 336 g/mol. The SMILES string of the molecule is N#Cc1ccccc1CN1CCN(Cc2ncccc2C(=O)O)CC1. The van der Waals surface area contributed by atoms with Crippen molar-refractivity contribution in [1.82, 2.24) is 14.8 Å². The molecular formula is C19H20N4O2. The number of carbonyl (C=O) groups is 1. The van der Waals surface area contributed by atoms with Crippen molar-refractivity contribution in [3.63, 3.8) is 0 Å². The predicted octanol–water partition coefficient (Wildman–Crippen LogP) is 1.97. The molecule has 0 spiro atoms. The highest BCUT2D eigenvalue weighted by molar-refractivity contribution is 5.88. The molecule has 2 aromatic rings. The Labute approximate surface area is 146 Å². The lowest BCUT2D eigenvalue weighted by Crippen LogP contribution is -2.45. The van der Waals surface area contributed by atoms with Gasteiger partial charge in [-0.3, -0.25) is 14.8 Å². The molecule has 1 fully saturated rings. The van der Waals surface area contributed by atoms with E-state index in [1.807, 2.05) is 24.3 Å². The number of rotatable bonds is 5.